The van der Waals surface area contributed by atoms with Crippen LogP contribution in [-0.4, -0.2) is 27.3 Å². The fourth-order valence-corrected chi connectivity index (χ4v) is 4.25. The molecule has 4 aromatic rings. The third-order valence-corrected chi connectivity index (χ3v) is 6.09. The predicted molar refractivity (Wildman–Crippen MR) is 131 cm³/mol. The summed E-state index contributed by atoms with van der Waals surface area (Å²) in [6, 6.07) is 24.6. The Bertz CT molecular complexity index is 1450. The topological polar surface area (TPSA) is 71.4 Å². The Kier molecular flexibility index (Phi) is 5.55. The van der Waals surface area contributed by atoms with Gasteiger partial charge in [0.2, 0.25) is 0 Å². The Labute approximate surface area is 197 Å². The molecule has 1 aliphatic rings. The highest BCUT2D eigenvalue weighted by Gasteiger charge is 2.35. The first-order valence-electron chi connectivity index (χ1n) is 11.1. The minimum atomic E-state index is -0.710. The number of benzene rings is 3. The van der Waals surface area contributed by atoms with E-state index in [1.807, 2.05) is 72.9 Å². The lowest BCUT2D eigenvalue weighted by Crippen LogP contribution is -2.53. The molecule has 34 heavy (non-hydrogen) atoms. The minimum Gasteiger partial charge on any atom is -0.342 e. The highest BCUT2D eigenvalue weighted by molar-refractivity contribution is 6.31. The summed E-state index contributed by atoms with van der Waals surface area (Å²) in [5.74, 6) is -1.29. The van der Waals surface area contributed by atoms with Gasteiger partial charge in [0, 0.05) is 29.2 Å². The number of barbiturate groups is 1. The first kappa shape index (κ1) is 21.4. The maximum Gasteiger partial charge on any atom is 0.331 e. The summed E-state index contributed by atoms with van der Waals surface area (Å²) in [7, 11) is 0. The number of rotatable bonds is 5. The van der Waals surface area contributed by atoms with E-state index in [2.05, 4.69) is 28.9 Å². The van der Waals surface area contributed by atoms with Gasteiger partial charge < -0.3 is 4.57 Å². The molecular weight excluding hydrogens is 426 g/mol. The summed E-state index contributed by atoms with van der Waals surface area (Å²) in [5, 5.41) is 3.23. The van der Waals surface area contributed by atoms with Crippen molar-refractivity contribution >= 4 is 34.8 Å². The van der Waals surface area contributed by atoms with E-state index in [1.165, 1.54) is 11.1 Å². The summed E-state index contributed by atoms with van der Waals surface area (Å²) >= 11 is 0. The van der Waals surface area contributed by atoms with Crippen LogP contribution in [0.25, 0.3) is 17.0 Å². The number of carbonyl (C=O) groups excluding carboxylic acids is 3. The number of aryl methyl sites for hydroxylation is 1. The van der Waals surface area contributed by atoms with Gasteiger partial charge >= 0.3 is 6.03 Å². The lowest BCUT2D eigenvalue weighted by Gasteiger charge is -2.26. The van der Waals surface area contributed by atoms with Crippen LogP contribution in [0.4, 0.5) is 4.79 Å². The molecular formula is C28H23N3O3. The average molecular weight is 450 g/mol. The third kappa shape index (κ3) is 4.01. The molecule has 0 unspecified atom stereocenters. The van der Waals surface area contributed by atoms with Gasteiger partial charge in [-0.05, 0) is 35.8 Å². The molecule has 4 amide bonds. The van der Waals surface area contributed by atoms with Crippen molar-refractivity contribution in [1.82, 2.24) is 14.8 Å². The van der Waals surface area contributed by atoms with Crippen molar-refractivity contribution in [2.24, 2.45) is 0 Å². The number of hydrogen-bond acceptors (Lipinski definition) is 3. The average Bonchev–Trinajstić information content (AvgIpc) is 3.19. The third-order valence-electron chi connectivity index (χ3n) is 6.09. The molecule has 6 heteroatoms. The lowest BCUT2D eigenvalue weighted by molar-refractivity contribution is -0.130. The largest absolute Gasteiger partial charge is 0.342 e. The number of hydrogen-bond donors (Lipinski definition) is 1. The number of aromatic nitrogens is 1. The summed E-state index contributed by atoms with van der Waals surface area (Å²) in [5.41, 5.74) is 4.87. The number of imide groups is 2. The van der Waals surface area contributed by atoms with Crippen LogP contribution in [0, 0.1) is 6.92 Å². The summed E-state index contributed by atoms with van der Waals surface area (Å²) in [6.07, 6.45) is 3.53. The van der Waals surface area contributed by atoms with Crippen LogP contribution in [0.2, 0.25) is 0 Å². The van der Waals surface area contributed by atoms with E-state index in [9.17, 15) is 14.4 Å². The van der Waals surface area contributed by atoms with Gasteiger partial charge in [-0.2, -0.15) is 0 Å². The summed E-state index contributed by atoms with van der Waals surface area (Å²) in [4.78, 5) is 39.3. The van der Waals surface area contributed by atoms with Crippen molar-refractivity contribution in [3.63, 3.8) is 0 Å². The molecule has 0 aliphatic carbocycles. The number of nitrogens with zero attached hydrogens (tertiary/aromatic N) is 2. The van der Waals surface area contributed by atoms with Crippen LogP contribution in [0.3, 0.4) is 0 Å². The molecule has 1 fully saturated rings. The van der Waals surface area contributed by atoms with Gasteiger partial charge in [0.25, 0.3) is 11.8 Å². The molecule has 6 nitrogen and oxygen atoms in total. The Morgan fingerprint density at radius 1 is 0.824 bits per heavy atom. The Hall–Kier alpha value is -4.45. The standard InChI is InChI=1S/C28H23N3O3/c1-19-9-5-6-12-21(19)17-30-18-22(23-13-7-8-14-25(23)30)15-24-26(32)29-28(34)31(27(24)33)16-20-10-3-2-4-11-20/h2-15,18H,16-17H2,1H3,(H,29,32,34). The maximum absolute atomic E-state index is 13.2. The van der Waals surface area contributed by atoms with Crippen molar-refractivity contribution in [3.05, 3.63) is 113 Å². The van der Waals surface area contributed by atoms with E-state index in [0.717, 1.165) is 26.9 Å². The van der Waals surface area contributed by atoms with Gasteiger partial charge in [-0.25, -0.2) is 4.79 Å². The van der Waals surface area contributed by atoms with Gasteiger partial charge in [0.15, 0.2) is 0 Å². The molecule has 0 atom stereocenters. The van der Waals surface area contributed by atoms with Crippen LogP contribution in [0.5, 0.6) is 0 Å². The van der Waals surface area contributed by atoms with E-state index in [-0.39, 0.29) is 12.1 Å². The number of nitrogens with one attached hydrogen (secondary N) is 1. The zero-order valence-corrected chi connectivity index (χ0v) is 18.7. The fraction of sp³-hybridized carbons (Fsp3) is 0.107. The van der Waals surface area contributed by atoms with Crippen LogP contribution < -0.4 is 5.32 Å². The molecule has 3 aromatic carbocycles. The molecule has 1 aromatic heterocycles. The van der Waals surface area contributed by atoms with E-state index >= 15 is 0 Å². The van der Waals surface area contributed by atoms with E-state index in [4.69, 9.17) is 0 Å². The molecule has 0 spiro atoms. The van der Waals surface area contributed by atoms with Crippen LogP contribution in [-0.2, 0) is 22.7 Å². The molecule has 168 valence electrons. The molecule has 0 saturated carbocycles. The van der Waals surface area contributed by atoms with E-state index < -0.39 is 17.8 Å². The second-order valence-corrected chi connectivity index (χ2v) is 8.35. The predicted octanol–water partition coefficient (Wildman–Crippen LogP) is 4.66. The summed E-state index contributed by atoms with van der Waals surface area (Å²) < 4.78 is 2.11. The number of fused-ring (bicyclic) bond motifs is 1. The van der Waals surface area contributed by atoms with Crippen molar-refractivity contribution in [2.45, 2.75) is 20.0 Å². The highest BCUT2D eigenvalue weighted by atomic mass is 16.2. The Morgan fingerprint density at radius 2 is 1.53 bits per heavy atom. The monoisotopic (exact) mass is 449 g/mol. The zero-order valence-electron chi connectivity index (χ0n) is 18.7. The highest BCUT2D eigenvalue weighted by Crippen LogP contribution is 2.26. The molecule has 5 rings (SSSR count). The van der Waals surface area contributed by atoms with Crippen LogP contribution >= 0.6 is 0 Å². The first-order chi connectivity index (χ1) is 16.5. The SMILES string of the molecule is Cc1ccccc1Cn1cc(C=C2C(=O)NC(=O)N(Cc3ccccc3)C2=O)c2ccccc21. The fourth-order valence-electron chi connectivity index (χ4n) is 4.25. The quantitative estimate of drug-likeness (QED) is 0.356. The second-order valence-electron chi connectivity index (χ2n) is 8.35. The summed E-state index contributed by atoms with van der Waals surface area (Å²) in [6.45, 7) is 2.83. The number of amides is 4. The van der Waals surface area contributed by atoms with Gasteiger partial charge in [-0.15, -0.1) is 0 Å². The van der Waals surface area contributed by atoms with Gasteiger partial charge in [0.1, 0.15) is 5.57 Å². The number of para-hydroxylation sites is 1. The second kappa shape index (κ2) is 8.83. The molecule has 1 N–H and O–H groups in total. The first-order valence-corrected chi connectivity index (χ1v) is 11.1. The molecule has 2 heterocycles. The van der Waals surface area contributed by atoms with Crippen molar-refractivity contribution < 1.29 is 14.4 Å². The molecule has 1 saturated heterocycles. The minimum absolute atomic E-state index is 0.0608. The Balaban J connectivity index is 1.53. The molecule has 1 aliphatic heterocycles. The van der Waals surface area contributed by atoms with E-state index in [0.29, 0.717) is 6.54 Å². The molecule has 0 radical (unpaired) electrons. The zero-order chi connectivity index (χ0) is 23.7. The van der Waals surface area contributed by atoms with E-state index in [1.54, 1.807) is 6.08 Å². The number of urea groups is 1. The van der Waals surface area contributed by atoms with Crippen molar-refractivity contribution in [2.75, 3.05) is 0 Å². The smallest absolute Gasteiger partial charge is 0.331 e. The number of carbonyl (C=O) groups is 3. The van der Waals surface area contributed by atoms with Gasteiger partial charge in [-0.3, -0.25) is 19.8 Å². The van der Waals surface area contributed by atoms with Crippen molar-refractivity contribution in [3.8, 4) is 0 Å². The maximum atomic E-state index is 13.2. The van der Waals surface area contributed by atoms with Crippen molar-refractivity contribution in [1.29, 1.82) is 0 Å². The van der Waals surface area contributed by atoms with Gasteiger partial charge in [0.05, 0.1) is 6.54 Å². The Morgan fingerprint density at radius 3 is 2.32 bits per heavy atom. The lowest BCUT2D eigenvalue weighted by atomic mass is 10.1. The normalized spacial score (nSPS) is 15.3. The van der Waals surface area contributed by atoms with Gasteiger partial charge in [-0.1, -0.05) is 72.8 Å². The van der Waals surface area contributed by atoms with Crippen LogP contribution in [0.15, 0.2) is 90.6 Å². The van der Waals surface area contributed by atoms with Crippen LogP contribution in [0.1, 0.15) is 22.3 Å². The molecule has 0 bridgehead atoms.